The number of methoxy groups -OCH3 is 1. The Labute approximate surface area is 93.4 Å². The van der Waals surface area contributed by atoms with E-state index in [1.807, 2.05) is 0 Å². The molecule has 0 aromatic heterocycles. The van der Waals surface area contributed by atoms with Gasteiger partial charge in [-0.2, -0.15) is 0 Å². The first-order valence-electron chi connectivity index (χ1n) is 6.16. The average molecular weight is 212 g/mol. The minimum atomic E-state index is 0.336. The fourth-order valence-corrected chi connectivity index (χ4v) is 2.63. The Morgan fingerprint density at radius 1 is 1.40 bits per heavy atom. The standard InChI is InChI=1S/C13H24O2/c1-10(2)9-13(14)12-6-4-5-11(12)7-8-15-3/h10-12H,4-9H2,1-3H3. The van der Waals surface area contributed by atoms with E-state index in [4.69, 9.17) is 4.74 Å². The quantitative estimate of drug-likeness (QED) is 0.676. The van der Waals surface area contributed by atoms with Crippen molar-refractivity contribution in [1.29, 1.82) is 0 Å². The lowest BCUT2D eigenvalue weighted by Crippen LogP contribution is -2.21. The molecule has 1 fully saturated rings. The number of carbonyl (C=O) groups excluding carboxylic acids is 1. The second-order valence-corrected chi connectivity index (χ2v) is 5.14. The van der Waals surface area contributed by atoms with Crippen LogP contribution in [0, 0.1) is 17.8 Å². The van der Waals surface area contributed by atoms with Crippen molar-refractivity contribution < 1.29 is 9.53 Å². The molecule has 0 spiro atoms. The monoisotopic (exact) mass is 212 g/mol. The molecule has 0 N–H and O–H groups in total. The van der Waals surface area contributed by atoms with Gasteiger partial charge in [0.15, 0.2) is 0 Å². The maximum Gasteiger partial charge on any atom is 0.136 e. The lowest BCUT2D eigenvalue weighted by Gasteiger charge is -2.18. The molecule has 1 saturated carbocycles. The Hall–Kier alpha value is -0.370. The van der Waals surface area contributed by atoms with Crippen molar-refractivity contribution >= 4 is 5.78 Å². The maximum absolute atomic E-state index is 12.0. The molecule has 1 aliphatic rings. The van der Waals surface area contributed by atoms with Crippen molar-refractivity contribution in [3.05, 3.63) is 0 Å². The summed E-state index contributed by atoms with van der Waals surface area (Å²) in [5, 5.41) is 0. The highest BCUT2D eigenvalue weighted by Crippen LogP contribution is 2.35. The van der Waals surface area contributed by atoms with Crippen LogP contribution in [0.15, 0.2) is 0 Å². The van der Waals surface area contributed by atoms with Gasteiger partial charge in [-0.15, -0.1) is 0 Å². The minimum absolute atomic E-state index is 0.336. The van der Waals surface area contributed by atoms with E-state index in [0.717, 1.165) is 25.9 Å². The summed E-state index contributed by atoms with van der Waals surface area (Å²) in [4.78, 5) is 12.0. The molecule has 0 aliphatic heterocycles. The van der Waals surface area contributed by atoms with Crippen LogP contribution in [0.5, 0.6) is 0 Å². The number of ether oxygens (including phenoxy) is 1. The summed E-state index contributed by atoms with van der Waals surface area (Å²) < 4.78 is 5.10. The van der Waals surface area contributed by atoms with E-state index in [9.17, 15) is 4.79 Å². The van der Waals surface area contributed by atoms with Gasteiger partial charge in [0, 0.05) is 26.1 Å². The number of ketones is 1. The van der Waals surface area contributed by atoms with Crippen LogP contribution in [0.1, 0.15) is 46.0 Å². The molecule has 0 saturated heterocycles. The van der Waals surface area contributed by atoms with Gasteiger partial charge >= 0.3 is 0 Å². The molecule has 0 aromatic rings. The molecule has 0 radical (unpaired) electrons. The summed E-state index contributed by atoms with van der Waals surface area (Å²) in [6.07, 6.45) is 5.37. The fraction of sp³-hybridized carbons (Fsp3) is 0.923. The van der Waals surface area contributed by atoms with Gasteiger partial charge in [0.05, 0.1) is 0 Å². The van der Waals surface area contributed by atoms with Gasteiger partial charge in [0.1, 0.15) is 5.78 Å². The molecule has 1 aliphatic carbocycles. The molecule has 0 amide bonds. The highest BCUT2D eigenvalue weighted by Gasteiger charge is 2.32. The van der Waals surface area contributed by atoms with Gasteiger partial charge in [-0.3, -0.25) is 4.79 Å². The number of hydrogen-bond acceptors (Lipinski definition) is 2. The predicted molar refractivity (Wildman–Crippen MR) is 61.8 cm³/mol. The predicted octanol–water partition coefficient (Wildman–Crippen LogP) is 3.05. The Balaban J connectivity index is 2.41. The smallest absolute Gasteiger partial charge is 0.136 e. The molecular formula is C13H24O2. The lowest BCUT2D eigenvalue weighted by atomic mass is 9.86. The molecule has 0 heterocycles. The van der Waals surface area contributed by atoms with Crippen molar-refractivity contribution in [1.82, 2.24) is 0 Å². The number of carbonyl (C=O) groups is 1. The van der Waals surface area contributed by atoms with Gasteiger partial charge in [-0.1, -0.05) is 20.3 Å². The van der Waals surface area contributed by atoms with Gasteiger partial charge in [0.25, 0.3) is 0 Å². The van der Waals surface area contributed by atoms with E-state index in [0.29, 0.717) is 23.5 Å². The Kier molecular flexibility index (Phi) is 5.30. The number of rotatable bonds is 6. The van der Waals surface area contributed by atoms with Crippen molar-refractivity contribution in [2.75, 3.05) is 13.7 Å². The highest BCUT2D eigenvalue weighted by molar-refractivity contribution is 5.81. The SMILES string of the molecule is COCCC1CCCC1C(=O)CC(C)C. The molecule has 0 aromatic carbocycles. The van der Waals surface area contributed by atoms with Crippen LogP contribution in [0.4, 0.5) is 0 Å². The Morgan fingerprint density at radius 2 is 2.13 bits per heavy atom. The summed E-state index contributed by atoms with van der Waals surface area (Å²) in [6, 6.07) is 0. The number of Topliss-reactive ketones (excluding diaryl/α,β-unsaturated/α-hetero) is 1. The molecule has 88 valence electrons. The first kappa shape index (κ1) is 12.7. The summed E-state index contributed by atoms with van der Waals surface area (Å²) in [5.41, 5.74) is 0. The van der Waals surface area contributed by atoms with E-state index in [-0.39, 0.29) is 0 Å². The second kappa shape index (κ2) is 6.26. The molecule has 2 nitrogen and oxygen atoms in total. The number of hydrogen-bond donors (Lipinski definition) is 0. The third kappa shape index (κ3) is 3.94. The normalized spacial score (nSPS) is 26.1. The molecule has 2 unspecified atom stereocenters. The zero-order valence-electron chi connectivity index (χ0n) is 10.3. The van der Waals surface area contributed by atoms with Crippen LogP contribution < -0.4 is 0 Å². The lowest BCUT2D eigenvalue weighted by molar-refractivity contribution is -0.124. The summed E-state index contributed by atoms with van der Waals surface area (Å²) >= 11 is 0. The summed E-state index contributed by atoms with van der Waals surface area (Å²) in [5.74, 6) is 1.92. The van der Waals surface area contributed by atoms with Crippen molar-refractivity contribution in [2.24, 2.45) is 17.8 Å². The van der Waals surface area contributed by atoms with E-state index in [1.54, 1.807) is 7.11 Å². The first-order valence-corrected chi connectivity index (χ1v) is 6.16. The maximum atomic E-state index is 12.0. The molecule has 2 atom stereocenters. The van der Waals surface area contributed by atoms with Crippen LogP contribution in [-0.2, 0) is 9.53 Å². The summed E-state index contributed by atoms with van der Waals surface area (Å²) in [7, 11) is 1.74. The van der Waals surface area contributed by atoms with Gasteiger partial charge in [-0.05, 0) is 31.1 Å². The molecule has 2 heteroatoms. The minimum Gasteiger partial charge on any atom is -0.385 e. The fourth-order valence-electron chi connectivity index (χ4n) is 2.63. The van der Waals surface area contributed by atoms with E-state index < -0.39 is 0 Å². The molecule has 0 bridgehead atoms. The van der Waals surface area contributed by atoms with Crippen LogP contribution in [0.2, 0.25) is 0 Å². The molecular weight excluding hydrogens is 188 g/mol. The third-order valence-electron chi connectivity index (χ3n) is 3.37. The zero-order valence-corrected chi connectivity index (χ0v) is 10.3. The highest BCUT2D eigenvalue weighted by atomic mass is 16.5. The van der Waals surface area contributed by atoms with Gasteiger partial charge < -0.3 is 4.74 Å². The first-order chi connectivity index (χ1) is 7.15. The largest absolute Gasteiger partial charge is 0.385 e. The molecule has 15 heavy (non-hydrogen) atoms. The third-order valence-corrected chi connectivity index (χ3v) is 3.37. The van der Waals surface area contributed by atoms with Crippen molar-refractivity contribution in [3.63, 3.8) is 0 Å². The van der Waals surface area contributed by atoms with E-state index in [1.165, 1.54) is 12.8 Å². The topological polar surface area (TPSA) is 26.3 Å². The Bertz CT molecular complexity index is 199. The van der Waals surface area contributed by atoms with E-state index >= 15 is 0 Å². The van der Waals surface area contributed by atoms with Crippen LogP contribution in [0.3, 0.4) is 0 Å². The summed E-state index contributed by atoms with van der Waals surface area (Å²) in [6.45, 7) is 5.05. The second-order valence-electron chi connectivity index (χ2n) is 5.14. The Morgan fingerprint density at radius 3 is 2.73 bits per heavy atom. The van der Waals surface area contributed by atoms with Crippen LogP contribution in [0.25, 0.3) is 0 Å². The van der Waals surface area contributed by atoms with Crippen molar-refractivity contribution in [3.8, 4) is 0 Å². The van der Waals surface area contributed by atoms with Crippen LogP contribution in [-0.4, -0.2) is 19.5 Å². The van der Waals surface area contributed by atoms with Gasteiger partial charge in [0.2, 0.25) is 0 Å². The zero-order chi connectivity index (χ0) is 11.3. The average Bonchev–Trinajstić information content (AvgIpc) is 2.61. The van der Waals surface area contributed by atoms with E-state index in [2.05, 4.69) is 13.8 Å². The van der Waals surface area contributed by atoms with Crippen LogP contribution >= 0.6 is 0 Å². The van der Waals surface area contributed by atoms with Crippen molar-refractivity contribution in [2.45, 2.75) is 46.0 Å². The molecule has 1 rings (SSSR count). The van der Waals surface area contributed by atoms with Gasteiger partial charge in [-0.25, -0.2) is 0 Å².